The van der Waals surface area contributed by atoms with Crippen molar-refractivity contribution in [2.45, 2.75) is 0 Å². The van der Waals surface area contributed by atoms with E-state index in [1.165, 1.54) is 0 Å². The molecule has 0 aliphatic rings. The summed E-state index contributed by atoms with van der Waals surface area (Å²) in [5.74, 6) is 5.52. The molecule has 0 spiro atoms. The van der Waals surface area contributed by atoms with Gasteiger partial charge in [-0.1, -0.05) is 36.4 Å². The van der Waals surface area contributed by atoms with Crippen LogP contribution >= 0.6 is 0 Å². The van der Waals surface area contributed by atoms with Crippen molar-refractivity contribution in [3.63, 3.8) is 0 Å². The van der Waals surface area contributed by atoms with Gasteiger partial charge in [0.1, 0.15) is 46.0 Å². The molecule has 8 aromatic rings. The molecule has 0 aromatic heterocycles. The van der Waals surface area contributed by atoms with E-state index in [2.05, 4.69) is 0 Å². The van der Waals surface area contributed by atoms with Gasteiger partial charge in [-0.05, 0) is 157 Å². The van der Waals surface area contributed by atoms with Crippen molar-refractivity contribution >= 4 is 28.5 Å². The molecule has 0 bridgehead atoms. The van der Waals surface area contributed by atoms with Crippen LogP contribution in [0.1, 0.15) is 15.9 Å². The number of ketones is 1. The van der Waals surface area contributed by atoms with Gasteiger partial charge in [0.2, 0.25) is 0 Å². The molecule has 8 N–H and O–H groups in total. The molecule has 0 amide bonds. The largest absolute Gasteiger partial charge is 0.457 e. The highest BCUT2D eigenvalue weighted by molar-refractivity contribution is 6.09. The van der Waals surface area contributed by atoms with Crippen LogP contribution in [0.15, 0.2) is 194 Å². The molecule has 0 saturated heterocycles. The molecule has 0 saturated carbocycles. The van der Waals surface area contributed by atoms with Crippen LogP contribution < -0.4 is 41.9 Å². The molecular formula is C49H40N4O5. The lowest BCUT2D eigenvalue weighted by Crippen LogP contribution is -2.01. The predicted molar refractivity (Wildman–Crippen MR) is 232 cm³/mol. The van der Waals surface area contributed by atoms with Crippen LogP contribution in [-0.2, 0) is 0 Å². The molecule has 0 aliphatic heterocycles. The Morgan fingerprint density at radius 3 is 0.879 bits per heavy atom. The van der Waals surface area contributed by atoms with Crippen molar-refractivity contribution in [3.8, 4) is 57.1 Å². The normalized spacial score (nSPS) is 10.4. The zero-order valence-corrected chi connectivity index (χ0v) is 31.3. The number of carbonyl (C=O) groups excluding carboxylic acids is 1. The first kappa shape index (κ1) is 38.1. The van der Waals surface area contributed by atoms with Crippen molar-refractivity contribution in [2.24, 2.45) is 0 Å². The monoisotopic (exact) mass is 764 g/mol. The van der Waals surface area contributed by atoms with E-state index in [4.69, 9.17) is 41.9 Å². The second-order valence-electron chi connectivity index (χ2n) is 13.1. The Labute approximate surface area is 336 Å². The molecule has 8 aromatic carbocycles. The Morgan fingerprint density at radius 1 is 0.293 bits per heavy atom. The smallest absolute Gasteiger partial charge is 0.193 e. The van der Waals surface area contributed by atoms with E-state index < -0.39 is 0 Å². The lowest BCUT2D eigenvalue weighted by atomic mass is 10.0. The highest BCUT2D eigenvalue weighted by atomic mass is 16.5. The Hall–Kier alpha value is -8.17. The van der Waals surface area contributed by atoms with Gasteiger partial charge in [-0.25, -0.2) is 0 Å². The van der Waals surface area contributed by atoms with Crippen LogP contribution in [0.25, 0.3) is 11.1 Å². The molecule has 0 fully saturated rings. The molecule has 9 heteroatoms. The maximum absolute atomic E-state index is 12.8. The molecule has 0 radical (unpaired) electrons. The number of anilines is 4. The molecular weight excluding hydrogens is 725 g/mol. The lowest BCUT2D eigenvalue weighted by molar-refractivity contribution is 0.103. The van der Waals surface area contributed by atoms with E-state index in [0.717, 1.165) is 34.1 Å². The summed E-state index contributed by atoms with van der Waals surface area (Å²) in [5.41, 5.74) is 28.9. The molecule has 0 unspecified atom stereocenters. The maximum atomic E-state index is 12.8. The number of hydrogen-bond acceptors (Lipinski definition) is 9. The standard InChI is InChI=1S/C25H20N2O3.C24H20N2O2/c26-19-3-1-5-23(15-19)29-21-11-7-17(8-12-21)25(28)18-9-13-22(14-10-18)30-24-6-2-4-20(27)16-24;25-19-5-13-23(14-6-19)27-21-9-1-17(2-10-21)18-3-11-22(12-4-18)28-24-15-7-20(26)8-16-24/h1-16H,26-27H2;1-16H,25-26H2. The van der Waals surface area contributed by atoms with Crippen LogP contribution in [0.2, 0.25) is 0 Å². The van der Waals surface area contributed by atoms with Crippen molar-refractivity contribution in [1.29, 1.82) is 0 Å². The summed E-state index contributed by atoms with van der Waals surface area (Å²) in [5, 5.41) is 0. The van der Waals surface area contributed by atoms with Crippen molar-refractivity contribution in [1.82, 2.24) is 0 Å². The summed E-state index contributed by atoms with van der Waals surface area (Å²) in [7, 11) is 0. The van der Waals surface area contributed by atoms with Gasteiger partial charge in [-0.3, -0.25) is 4.79 Å². The van der Waals surface area contributed by atoms with E-state index >= 15 is 0 Å². The van der Waals surface area contributed by atoms with Crippen LogP contribution in [-0.4, -0.2) is 5.78 Å². The second kappa shape index (κ2) is 18.0. The summed E-state index contributed by atoms with van der Waals surface area (Å²) in [6.45, 7) is 0. The van der Waals surface area contributed by atoms with E-state index in [1.54, 1.807) is 72.8 Å². The quantitative estimate of drug-likeness (QED) is 0.0743. The van der Waals surface area contributed by atoms with E-state index in [0.29, 0.717) is 56.9 Å². The van der Waals surface area contributed by atoms with Crippen molar-refractivity contribution in [2.75, 3.05) is 22.9 Å². The summed E-state index contributed by atoms with van der Waals surface area (Å²) in [6, 6.07) is 58.9. The highest BCUT2D eigenvalue weighted by Gasteiger charge is 2.11. The molecule has 58 heavy (non-hydrogen) atoms. The van der Waals surface area contributed by atoms with Gasteiger partial charge in [-0.15, -0.1) is 0 Å². The summed E-state index contributed by atoms with van der Waals surface area (Å²) >= 11 is 0. The molecule has 0 atom stereocenters. The number of benzene rings is 8. The molecule has 0 aliphatic carbocycles. The summed E-state index contributed by atoms with van der Waals surface area (Å²) < 4.78 is 23.2. The minimum atomic E-state index is -0.0824. The van der Waals surface area contributed by atoms with Gasteiger partial charge >= 0.3 is 0 Å². The average Bonchev–Trinajstić information content (AvgIpc) is 3.24. The molecule has 8 rings (SSSR count). The minimum absolute atomic E-state index is 0.0824. The molecule has 286 valence electrons. The number of carbonyl (C=O) groups is 1. The lowest BCUT2D eigenvalue weighted by Gasteiger charge is -2.09. The van der Waals surface area contributed by atoms with E-state index in [1.807, 2.05) is 121 Å². The third kappa shape index (κ3) is 10.5. The number of nitrogens with two attached hydrogens (primary N) is 4. The third-order valence-electron chi connectivity index (χ3n) is 8.69. The first-order chi connectivity index (χ1) is 28.2. The van der Waals surface area contributed by atoms with Gasteiger partial charge < -0.3 is 41.9 Å². The third-order valence-corrected chi connectivity index (χ3v) is 8.69. The Bertz CT molecular complexity index is 2400. The molecule has 0 heterocycles. The second-order valence-corrected chi connectivity index (χ2v) is 13.1. The Kier molecular flexibility index (Phi) is 11.8. The highest BCUT2D eigenvalue weighted by Crippen LogP contribution is 2.30. The fraction of sp³-hybridized carbons (Fsp3) is 0. The Balaban J connectivity index is 0.000000177. The number of ether oxygens (including phenoxy) is 4. The number of rotatable bonds is 11. The first-order valence-electron chi connectivity index (χ1n) is 18.3. The fourth-order valence-electron chi connectivity index (χ4n) is 5.72. The van der Waals surface area contributed by atoms with E-state index in [9.17, 15) is 4.79 Å². The predicted octanol–water partition coefficient (Wildman–Crippen LogP) is 11.8. The number of hydrogen-bond donors (Lipinski definition) is 4. The summed E-state index contributed by atoms with van der Waals surface area (Å²) in [4.78, 5) is 12.8. The van der Waals surface area contributed by atoms with Crippen LogP contribution in [0, 0.1) is 0 Å². The van der Waals surface area contributed by atoms with Gasteiger partial charge in [0.25, 0.3) is 0 Å². The maximum Gasteiger partial charge on any atom is 0.193 e. The van der Waals surface area contributed by atoms with Crippen molar-refractivity contribution < 1.29 is 23.7 Å². The number of nitrogen functional groups attached to an aromatic ring is 4. The zero-order valence-electron chi connectivity index (χ0n) is 31.3. The van der Waals surface area contributed by atoms with Gasteiger partial charge in [0.15, 0.2) is 5.78 Å². The Morgan fingerprint density at radius 2 is 0.569 bits per heavy atom. The zero-order chi connectivity index (χ0) is 40.3. The first-order valence-corrected chi connectivity index (χ1v) is 18.3. The summed E-state index contributed by atoms with van der Waals surface area (Å²) in [6.07, 6.45) is 0. The van der Waals surface area contributed by atoms with Crippen LogP contribution in [0.3, 0.4) is 0 Å². The van der Waals surface area contributed by atoms with Gasteiger partial charge in [-0.2, -0.15) is 0 Å². The van der Waals surface area contributed by atoms with Crippen LogP contribution in [0.5, 0.6) is 46.0 Å². The minimum Gasteiger partial charge on any atom is -0.457 e. The van der Waals surface area contributed by atoms with Gasteiger partial charge in [0, 0.05) is 46.0 Å². The van der Waals surface area contributed by atoms with E-state index in [-0.39, 0.29) is 5.78 Å². The average molecular weight is 765 g/mol. The molecule has 9 nitrogen and oxygen atoms in total. The SMILES string of the molecule is Nc1ccc(Oc2ccc(-c3ccc(Oc4ccc(N)cc4)cc3)cc2)cc1.Nc1cccc(Oc2ccc(C(=O)c3ccc(Oc4cccc(N)c4)cc3)cc2)c1. The fourth-order valence-corrected chi connectivity index (χ4v) is 5.72. The van der Waals surface area contributed by atoms with Crippen molar-refractivity contribution in [3.05, 3.63) is 205 Å². The van der Waals surface area contributed by atoms with Gasteiger partial charge in [0.05, 0.1) is 0 Å². The van der Waals surface area contributed by atoms with Crippen LogP contribution in [0.4, 0.5) is 22.7 Å². The topological polar surface area (TPSA) is 158 Å².